The fourth-order valence-corrected chi connectivity index (χ4v) is 3.01. The topological polar surface area (TPSA) is 70.2 Å². The van der Waals surface area contributed by atoms with E-state index in [9.17, 15) is 4.79 Å². The average Bonchev–Trinajstić information content (AvgIpc) is 3.16. The number of hydrogen-bond acceptors (Lipinski definition) is 4. The number of nitrogens with zero attached hydrogens (tertiary/aromatic N) is 2. The molecule has 1 aliphatic rings. The lowest BCUT2D eigenvalue weighted by molar-refractivity contribution is 0.0766. The third-order valence-electron chi connectivity index (χ3n) is 4.48. The molecule has 0 aliphatic carbocycles. The van der Waals surface area contributed by atoms with Crippen LogP contribution in [0.1, 0.15) is 48.1 Å². The van der Waals surface area contributed by atoms with Gasteiger partial charge < -0.3 is 15.0 Å². The summed E-state index contributed by atoms with van der Waals surface area (Å²) in [6.45, 7) is 8.87. The number of para-hydroxylation sites is 1. The second-order valence-electron chi connectivity index (χ2n) is 7.45. The minimum Gasteiger partial charge on any atom is -0.491 e. The Bertz CT molecular complexity index is 767. The van der Waals surface area contributed by atoms with Gasteiger partial charge in [-0.15, -0.1) is 12.4 Å². The van der Waals surface area contributed by atoms with Gasteiger partial charge in [0.25, 0.3) is 5.91 Å². The van der Waals surface area contributed by atoms with Gasteiger partial charge in [0.15, 0.2) is 5.69 Å². The number of rotatable bonds is 5. The van der Waals surface area contributed by atoms with Crippen molar-refractivity contribution in [3.63, 3.8) is 0 Å². The van der Waals surface area contributed by atoms with E-state index >= 15 is 0 Å². The lowest BCUT2D eigenvalue weighted by Crippen LogP contribution is -2.32. The molecule has 0 unspecified atom stereocenters. The van der Waals surface area contributed by atoms with Gasteiger partial charge in [-0.2, -0.15) is 5.10 Å². The summed E-state index contributed by atoms with van der Waals surface area (Å²) >= 11 is 0. The molecule has 0 fully saturated rings. The first kappa shape index (κ1) is 20.3. The number of ether oxygens (including phenoxy) is 1. The summed E-state index contributed by atoms with van der Waals surface area (Å²) in [7, 11) is 1.78. The van der Waals surface area contributed by atoms with Crippen LogP contribution in [0.2, 0.25) is 0 Å². The number of carbonyl (C=O) groups excluding carboxylic acids is 1. The van der Waals surface area contributed by atoms with E-state index in [4.69, 9.17) is 4.74 Å². The number of carbonyl (C=O) groups is 1. The number of aromatic nitrogens is 2. The van der Waals surface area contributed by atoms with Gasteiger partial charge in [-0.25, -0.2) is 0 Å². The highest BCUT2D eigenvalue weighted by Gasteiger charge is 2.25. The Labute approximate surface area is 160 Å². The minimum atomic E-state index is -0.0751. The average molecular weight is 379 g/mol. The Morgan fingerprint density at radius 2 is 2.00 bits per heavy atom. The predicted molar refractivity (Wildman–Crippen MR) is 104 cm³/mol. The van der Waals surface area contributed by atoms with Crippen LogP contribution >= 0.6 is 12.4 Å². The number of hydrogen-bond donors (Lipinski definition) is 2. The van der Waals surface area contributed by atoms with Crippen LogP contribution < -0.4 is 10.1 Å². The van der Waals surface area contributed by atoms with Gasteiger partial charge in [-0.1, -0.05) is 39.0 Å². The molecule has 0 atom stereocenters. The van der Waals surface area contributed by atoms with Gasteiger partial charge in [0, 0.05) is 25.7 Å². The summed E-state index contributed by atoms with van der Waals surface area (Å²) in [4.78, 5) is 14.3. The molecule has 0 radical (unpaired) electrons. The van der Waals surface area contributed by atoms with Gasteiger partial charge in [0.05, 0.1) is 12.2 Å². The first-order valence-electron chi connectivity index (χ1n) is 8.62. The molecule has 2 aromatic rings. The van der Waals surface area contributed by atoms with Crippen LogP contribution in [-0.2, 0) is 18.5 Å². The largest absolute Gasteiger partial charge is 0.491 e. The number of fused-ring (bicyclic) bond motifs is 1. The maximum atomic E-state index is 12.6. The van der Waals surface area contributed by atoms with E-state index < -0.39 is 0 Å². The Hall–Kier alpha value is -2.05. The Morgan fingerprint density at radius 3 is 2.73 bits per heavy atom. The summed E-state index contributed by atoms with van der Waals surface area (Å²) in [5, 5.41) is 10.3. The maximum Gasteiger partial charge on any atom is 0.274 e. The normalized spacial score (nSPS) is 13.1. The first-order valence-corrected chi connectivity index (χ1v) is 8.62. The molecule has 7 heteroatoms. The molecule has 1 aromatic heterocycles. The number of nitrogens with one attached hydrogen (secondary N) is 2. The lowest BCUT2D eigenvalue weighted by Gasteiger charge is -2.23. The molecule has 1 amide bonds. The van der Waals surface area contributed by atoms with Crippen molar-refractivity contribution in [3.8, 4) is 5.75 Å². The highest BCUT2D eigenvalue weighted by Crippen LogP contribution is 2.30. The number of halogens is 1. The third-order valence-corrected chi connectivity index (χ3v) is 4.48. The van der Waals surface area contributed by atoms with E-state index in [-0.39, 0.29) is 23.7 Å². The van der Waals surface area contributed by atoms with Crippen molar-refractivity contribution >= 4 is 18.3 Å². The molecule has 142 valence electrons. The summed E-state index contributed by atoms with van der Waals surface area (Å²) in [6.07, 6.45) is 0. The number of likely N-dealkylation sites (N-methyl/N-ethyl adjacent to an activating group) is 1. The van der Waals surface area contributed by atoms with Crippen molar-refractivity contribution in [1.82, 2.24) is 20.4 Å². The molecular formula is C19H27ClN4O2. The Morgan fingerprint density at radius 1 is 1.27 bits per heavy atom. The van der Waals surface area contributed by atoms with Crippen LogP contribution in [0.5, 0.6) is 5.75 Å². The number of amides is 1. The zero-order valence-corrected chi connectivity index (χ0v) is 16.6. The van der Waals surface area contributed by atoms with Crippen LogP contribution in [0.4, 0.5) is 0 Å². The van der Waals surface area contributed by atoms with Gasteiger partial charge in [0.2, 0.25) is 0 Å². The van der Waals surface area contributed by atoms with Crippen LogP contribution in [-0.4, -0.2) is 41.2 Å². The monoisotopic (exact) mass is 378 g/mol. The molecule has 3 rings (SSSR count). The van der Waals surface area contributed by atoms with Crippen molar-refractivity contribution in [3.05, 3.63) is 46.8 Å². The molecule has 2 N–H and O–H groups in total. The van der Waals surface area contributed by atoms with Crippen LogP contribution in [0.3, 0.4) is 0 Å². The summed E-state index contributed by atoms with van der Waals surface area (Å²) < 4.78 is 5.96. The Kier molecular flexibility index (Phi) is 6.31. The standard InChI is InChI=1S/C19H26N4O2.ClH/c1-19(2,3)14-7-5-6-8-16(14)25-10-9-23(4)18(24)17-13-11-20-12-15(13)21-22-17;/h5-8,20H,9-12H2,1-4H3,(H,21,22);1H. The third kappa shape index (κ3) is 4.19. The highest BCUT2D eigenvalue weighted by molar-refractivity contribution is 5.94. The lowest BCUT2D eigenvalue weighted by atomic mass is 9.86. The van der Waals surface area contributed by atoms with E-state index in [1.807, 2.05) is 18.2 Å². The first-order chi connectivity index (χ1) is 11.9. The summed E-state index contributed by atoms with van der Waals surface area (Å²) in [6, 6.07) is 8.06. The maximum absolute atomic E-state index is 12.6. The smallest absolute Gasteiger partial charge is 0.274 e. The van der Waals surface area contributed by atoms with Gasteiger partial charge in [-0.05, 0) is 17.0 Å². The second-order valence-corrected chi connectivity index (χ2v) is 7.45. The van der Waals surface area contributed by atoms with Crippen LogP contribution in [0.15, 0.2) is 24.3 Å². The van der Waals surface area contributed by atoms with Crippen LogP contribution in [0, 0.1) is 0 Å². The molecule has 0 saturated carbocycles. The molecule has 2 heterocycles. The molecular weight excluding hydrogens is 352 g/mol. The van der Waals surface area contributed by atoms with Gasteiger partial charge in [0.1, 0.15) is 12.4 Å². The number of H-pyrrole nitrogens is 1. The van der Waals surface area contributed by atoms with E-state index in [0.717, 1.165) is 23.6 Å². The van der Waals surface area contributed by atoms with Crippen molar-refractivity contribution in [2.24, 2.45) is 0 Å². The van der Waals surface area contributed by atoms with Crippen LogP contribution in [0.25, 0.3) is 0 Å². The molecule has 0 spiro atoms. The van der Waals surface area contributed by atoms with Crippen molar-refractivity contribution < 1.29 is 9.53 Å². The molecule has 0 bridgehead atoms. The number of benzene rings is 1. The molecule has 26 heavy (non-hydrogen) atoms. The van der Waals surface area contributed by atoms with Crippen molar-refractivity contribution in [1.29, 1.82) is 0 Å². The fourth-order valence-electron chi connectivity index (χ4n) is 3.01. The molecule has 0 saturated heterocycles. The highest BCUT2D eigenvalue weighted by atomic mass is 35.5. The minimum absolute atomic E-state index is 0. The Balaban J connectivity index is 0.00000243. The zero-order chi connectivity index (χ0) is 18.0. The van der Waals surface area contributed by atoms with Gasteiger partial charge in [-0.3, -0.25) is 9.89 Å². The van der Waals surface area contributed by atoms with E-state index in [1.54, 1.807) is 11.9 Å². The van der Waals surface area contributed by atoms with E-state index in [2.05, 4.69) is 42.4 Å². The van der Waals surface area contributed by atoms with E-state index in [1.165, 1.54) is 5.56 Å². The van der Waals surface area contributed by atoms with Crippen molar-refractivity contribution in [2.45, 2.75) is 39.3 Å². The number of aromatic amines is 1. The SMILES string of the molecule is CN(CCOc1ccccc1C(C)(C)C)C(=O)c1n[nH]c2c1CNC2.Cl. The summed E-state index contributed by atoms with van der Waals surface area (Å²) in [5.74, 6) is 0.801. The fraction of sp³-hybridized carbons (Fsp3) is 0.474. The molecule has 1 aliphatic heterocycles. The van der Waals surface area contributed by atoms with Gasteiger partial charge >= 0.3 is 0 Å². The van der Waals surface area contributed by atoms with Crippen molar-refractivity contribution in [2.75, 3.05) is 20.2 Å². The van der Waals surface area contributed by atoms with E-state index in [0.29, 0.717) is 25.4 Å². The predicted octanol–water partition coefficient (Wildman–Crippen LogP) is 2.88. The quantitative estimate of drug-likeness (QED) is 0.839. The molecule has 6 nitrogen and oxygen atoms in total. The second kappa shape index (κ2) is 8.10. The summed E-state index contributed by atoms with van der Waals surface area (Å²) in [5.41, 5.74) is 3.68. The molecule has 1 aromatic carbocycles. The zero-order valence-electron chi connectivity index (χ0n) is 15.8.